The maximum Gasteiger partial charge on any atom is 0.0436 e. The van der Waals surface area contributed by atoms with Gasteiger partial charge < -0.3 is 0 Å². The number of aryl methyl sites for hydroxylation is 2. The summed E-state index contributed by atoms with van der Waals surface area (Å²) in [7, 11) is 0. The normalized spacial score (nSPS) is 10.5. The monoisotopic (exact) mass is 226 g/mol. The number of aromatic nitrogens is 2. The van der Waals surface area contributed by atoms with Crippen LogP contribution in [0.5, 0.6) is 0 Å². The van der Waals surface area contributed by atoms with Gasteiger partial charge in [-0.2, -0.15) is 0 Å². The SMILES string of the molecule is CCc1ncccc1Cc1cccnc1CC. The van der Waals surface area contributed by atoms with E-state index < -0.39 is 0 Å². The Kier molecular flexibility index (Phi) is 3.86. The number of hydrogen-bond acceptors (Lipinski definition) is 2. The lowest BCUT2D eigenvalue weighted by Crippen LogP contribution is -2.01. The molecule has 0 saturated heterocycles. The lowest BCUT2D eigenvalue weighted by Gasteiger charge is -2.09. The van der Waals surface area contributed by atoms with Crippen LogP contribution in [0.25, 0.3) is 0 Å². The summed E-state index contributed by atoms with van der Waals surface area (Å²) in [5.74, 6) is 0. The quantitative estimate of drug-likeness (QED) is 0.800. The molecule has 0 spiro atoms. The van der Waals surface area contributed by atoms with Crippen molar-refractivity contribution in [1.82, 2.24) is 9.97 Å². The highest BCUT2D eigenvalue weighted by Gasteiger charge is 2.06. The molecule has 0 N–H and O–H groups in total. The van der Waals surface area contributed by atoms with Crippen molar-refractivity contribution in [3.63, 3.8) is 0 Å². The molecule has 0 aromatic carbocycles. The lowest BCUT2D eigenvalue weighted by molar-refractivity contribution is 0.942. The van der Waals surface area contributed by atoms with Crippen LogP contribution in [0.1, 0.15) is 36.4 Å². The maximum atomic E-state index is 4.43. The first-order valence-electron chi connectivity index (χ1n) is 6.20. The average molecular weight is 226 g/mol. The lowest BCUT2D eigenvalue weighted by atomic mass is 10.0. The summed E-state index contributed by atoms with van der Waals surface area (Å²) in [5, 5.41) is 0. The van der Waals surface area contributed by atoms with Gasteiger partial charge in [-0.3, -0.25) is 9.97 Å². The van der Waals surface area contributed by atoms with E-state index in [4.69, 9.17) is 0 Å². The summed E-state index contributed by atoms with van der Waals surface area (Å²) in [6.07, 6.45) is 6.64. The molecular weight excluding hydrogens is 208 g/mol. The minimum absolute atomic E-state index is 0.939. The molecule has 2 heteroatoms. The van der Waals surface area contributed by atoms with Crippen LogP contribution >= 0.6 is 0 Å². The Morgan fingerprint density at radius 3 is 1.71 bits per heavy atom. The van der Waals surface area contributed by atoms with Gasteiger partial charge in [0.1, 0.15) is 0 Å². The van der Waals surface area contributed by atoms with Crippen LogP contribution in [0, 0.1) is 0 Å². The van der Waals surface area contributed by atoms with Crippen molar-refractivity contribution < 1.29 is 0 Å². The van der Waals surface area contributed by atoms with E-state index >= 15 is 0 Å². The second-order valence-electron chi connectivity index (χ2n) is 4.10. The molecule has 0 saturated carbocycles. The Bertz CT molecular complexity index is 446. The first kappa shape index (κ1) is 11.8. The molecule has 0 aliphatic heterocycles. The molecule has 2 aromatic heterocycles. The van der Waals surface area contributed by atoms with Gasteiger partial charge >= 0.3 is 0 Å². The molecule has 2 rings (SSSR count). The molecule has 2 aromatic rings. The number of hydrogen-bond donors (Lipinski definition) is 0. The van der Waals surface area contributed by atoms with E-state index in [1.54, 1.807) is 0 Å². The van der Waals surface area contributed by atoms with E-state index in [1.165, 1.54) is 22.5 Å². The van der Waals surface area contributed by atoms with Crippen LogP contribution in [0.3, 0.4) is 0 Å². The van der Waals surface area contributed by atoms with E-state index in [1.807, 2.05) is 24.5 Å². The van der Waals surface area contributed by atoms with Gasteiger partial charge in [0.05, 0.1) is 0 Å². The van der Waals surface area contributed by atoms with Crippen molar-refractivity contribution in [1.29, 1.82) is 0 Å². The molecule has 88 valence electrons. The van der Waals surface area contributed by atoms with Gasteiger partial charge in [-0.25, -0.2) is 0 Å². The third-order valence-electron chi connectivity index (χ3n) is 3.02. The summed E-state index contributed by atoms with van der Waals surface area (Å²) < 4.78 is 0. The summed E-state index contributed by atoms with van der Waals surface area (Å²) in [4.78, 5) is 8.86. The van der Waals surface area contributed by atoms with Crippen molar-refractivity contribution in [2.24, 2.45) is 0 Å². The van der Waals surface area contributed by atoms with Gasteiger partial charge in [0, 0.05) is 30.2 Å². The fraction of sp³-hybridized carbons (Fsp3) is 0.333. The zero-order valence-electron chi connectivity index (χ0n) is 10.5. The molecule has 2 nitrogen and oxygen atoms in total. The third-order valence-corrected chi connectivity index (χ3v) is 3.02. The fourth-order valence-electron chi connectivity index (χ4n) is 2.11. The van der Waals surface area contributed by atoms with Gasteiger partial charge in [-0.15, -0.1) is 0 Å². The minimum Gasteiger partial charge on any atom is -0.261 e. The Labute approximate surface area is 103 Å². The zero-order valence-corrected chi connectivity index (χ0v) is 10.5. The Balaban J connectivity index is 2.31. The van der Waals surface area contributed by atoms with Gasteiger partial charge in [0.15, 0.2) is 0 Å². The van der Waals surface area contributed by atoms with Gasteiger partial charge in [-0.05, 0) is 36.1 Å². The van der Waals surface area contributed by atoms with Crippen LogP contribution in [0.2, 0.25) is 0 Å². The average Bonchev–Trinajstić information content (AvgIpc) is 2.40. The van der Waals surface area contributed by atoms with E-state index in [0.717, 1.165) is 19.3 Å². The summed E-state index contributed by atoms with van der Waals surface area (Å²) in [6, 6.07) is 8.35. The molecule has 0 amide bonds. The molecule has 0 atom stereocenters. The molecular formula is C15H18N2. The second kappa shape index (κ2) is 5.58. The molecule has 17 heavy (non-hydrogen) atoms. The molecule has 0 aliphatic carbocycles. The molecule has 0 radical (unpaired) electrons. The Hall–Kier alpha value is -1.70. The van der Waals surface area contributed by atoms with E-state index in [-0.39, 0.29) is 0 Å². The van der Waals surface area contributed by atoms with Crippen LogP contribution < -0.4 is 0 Å². The second-order valence-corrected chi connectivity index (χ2v) is 4.10. The predicted molar refractivity (Wildman–Crippen MR) is 70.0 cm³/mol. The predicted octanol–water partition coefficient (Wildman–Crippen LogP) is 3.19. The van der Waals surface area contributed by atoms with Crippen molar-refractivity contribution in [3.05, 3.63) is 59.2 Å². The van der Waals surface area contributed by atoms with Crippen molar-refractivity contribution >= 4 is 0 Å². The largest absolute Gasteiger partial charge is 0.261 e. The maximum absolute atomic E-state index is 4.43. The van der Waals surface area contributed by atoms with E-state index in [0.29, 0.717) is 0 Å². The van der Waals surface area contributed by atoms with Crippen LogP contribution in [0.4, 0.5) is 0 Å². The summed E-state index contributed by atoms with van der Waals surface area (Å²) in [5.41, 5.74) is 5.02. The molecule has 0 unspecified atom stereocenters. The van der Waals surface area contributed by atoms with Crippen molar-refractivity contribution in [2.45, 2.75) is 33.1 Å². The van der Waals surface area contributed by atoms with E-state index in [9.17, 15) is 0 Å². The molecule has 0 aliphatic rings. The highest BCUT2D eigenvalue weighted by molar-refractivity contribution is 5.30. The fourth-order valence-corrected chi connectivity index (χ4v) is 2.11. The minimum atomic E-state index is 0.939. The summed E-state index contributed by atoms with van der Waals surface area (Å²) >= 11 is 0. The molecule has 0 fully saturated rings. The molecule has 0 bridgehead atoms. The topological polar surface area (TPSA) is 25.8 Å². The highest BCUT2D eigenvalue weighted by atomic mass is 14.7. The van der Waals surface area contributed by atoms with Gasteiger partial charge in [0.2, 0.25) is 0 Å². The first-order chi connectivity index (χ1) is 8.35. The standard InChI is InChI=1S/C15H18N2/c1-3-14-12(7-5-9-16-14)11-13-8-6-10-17-15(13)4-2/h5-10H,3-4,11H2,1-2H3. The van der Waals surface area contributed by atoms with Crippen LogP contribution in [-0.2, 0) is 19.3 Å². The van der Waals surface area contributed by atoms with Gasteiger partial charge in [-0.1, -0.05) is 26.0 Å². The van der Waals surface area contributed by atoms with Crippen molar-refractivity contribution in [3.8, 4) is 0 Å². The third kappa shape index (κ3) is 2.70. The summed E-state index contributed by atoms with van der Waals surface area (Å²) in [6.45, 7) is 4.30. The smallest absolute Gasteiger partial charge is 0.0436 e. The first-order valence-corrected chi connectivity index (χ1v) is 6.20. The zero-order chi connectivity index (χ0) is 12.1. The van der Waals surface area contributed by atoms with Crippen LogP contribution in [-0.4, -0.2) is 9.97 Å². The molecule has 2 heterocycles. The van der Waals surface area contributed by atoms with Gasteiger partial charge in [0.25, 0.3) is 0 Å². The van der Waals surface area contributed by atoms with Crippen molar-refractivity contribution in [2.75, 3.05) is 0 Å². The Morgan fingerprint density at radius 1 is 0.824 bits per heavy atom. The number of nitrogens with zero attached hydrogens (tertiary/aromatic N) is 2. The van der Waals surface area contributed by atoms with Crippen LogP contribution in [0.15, 0.2) is 36.7 Å². The van der Waals surface area contributed by atoms with E-state index in [2.05, 4.69) is 35.9 Å². The Morgan fingerprint density at radius 2 is 1.29 bits per heavy atom. The number of pyridine rings is 2. The number of rotatable bonds is 4. The highest BCUT2D eigenvalue weighted by Crippen LogP contribution is 2.15.